The Kier molecular flexibility index (Phi) is 4.95. The molecule has 22 heavy (non-hydrogen) atoms. The Bertz CT molecular complexity index is 779. The zero-order valence-corrected chi connectivity index (χ0v) is 12.3. The van der Waals surface area contributed by atoms with Gasteiger partial charge in [-0.2, -0.15) is 0 Å². The van der Waals surface area contributed by atoms with E-state index in [9.17, 15) is 18.0 Å². The van der Waals surface area contributed by atoms with Crippen LogP contribution in [-0.4, -0.2) is 20.7 Å². The standard InChI is InChI=1S/C14H13N3O4S/c18-10-15-16-12-8-4-5-9-13(12)22(20,21)17-14(19)11-6-2-1-3-7-11/h1-2,4-6,8-10H,3,7H2,(H,17,19). The molecular weight excluding hydrogens is 306 g/mol. The molecule has 1 N–H and O–H groups in total. The van der Waals surface area contributed by atoms with Gasteiger partial charge >= 0.3 is 0 Å². The van der Waals surface area contributed by atoms with Crippen LogP contribution in [0.4, 0.5) is 5.69 Å². The number of benzene rings is 1. The SMILES string of the molecule is O=CN=Nc1ccccc1S(=O)(=O)NC(=O)C1=CC=CCC1. The summed E-state index contributed by atoms with van der Waals surface area (Å²) < 4.78 is 26.6. The van der Waals surface area contributed by atoms with Gasteiger partial charge < -0.3 is 0 Å². The normalized spacial score (nSPS) is 14.6. The molecule has 0 atom stereocenters. The molecule has 1 aromatic carbocycles. The molecule has 2 rings (SSSR count). The van der Waals surface area contributed by atoms with E-state index >= 15 is 0 Å². The van der Waals surface area contributed by atoms with E-state index in [4.69, 9.17) is 0 Å². The molecular formula is C14H13N3O4S. The van der Waals surface area contributed by atoms with Crippen molar-refractivity contribution < 1.29 is 18.0 Å². The van der Waals surface area contributed by atoms with Crippen molar-refractivity contribution in [2.24, 2.45) is 10.2 Å². The molecule has 2 amide bonds. The van der Waals surface area contributed by atoms with Gasteiger partial charge in [-0.25, -0.2) is 13.1 Å². The third-order valence-corrected chi connectivity index (χ3v) is 4.28. The van der Waals surface area contributed by atoms with Gasteiger partial charge in [-0.3, -0.25) is 9.59 Å². The molecule has 7 nitrogen and oxygen atoms in total. The van der Waals surface area contributed by atoms with Crippen molar-refractivity contribution in [3.63, 3.8) is 0 Å². The Morgan fingerprint density at radius 3 is 2.73 bits per heavy atom. The van der Waals surface area contributed by atoms with Crippen molar-refractivity contribution in [3.05, 3.63) is 48.1 Å². The summed E-state index contributed by atoms with van der Waals surface area (Å²) in [6.45, 7) is 0. The lowest BCUT2D eigenvalue weighted by atomic mass is 10.1. The number of amides is 2. The fraction of sp³-hybridized carbons (Fsp3) is 0.143. The van der Waals surface area contributed by atoms with E-state index in [1.165, 1.54) is 18.2 Å². The lowest BCUT2D eigenvalue weighted by molar-refractivity contribution is -0.116. The minimum absolute atomic E-state index is 0.0209. The van der Waals surface area contributed by atoms with Crippen molar-refractivity contribution in [1.82, 2.24) is 4.72 Å². The summed E-state index contributed by atoms with van der Waals surface area (Å²) in [5.41, 5.74) is 0.366. The van der Waals surface area contributed by atoms with Gasteiger partial charge in [0.05, 0.1) is 0 Å². The van der Waals surface area contributed by atoms with Crippen molar-refractivity contribution in [2.45, 2.75) is 17.7 Å². The van der Waals surface area contributed by atoms with Crippen LogP contribution in [0.2, 0.25) is 0 Å². The smallest absolute Gasteiger partial charge is 0.266 e. The molecule has 1 aliphatic carbocycles. The molecule has 0 fully saturated rings. The largest absolute Gasteiger partial charge is 0.275 e. The van der Waals surface area contributed by atoms with Gasteiger partial charge in [0.2, 0.25) is 0 Å². The van der Waals surface area contributed by atoms with Crippen molar-refractivity contribution >= 4 is 28.0 Å². The average molecular weight is 319 g/mol. The van der Waals surface area contributed by atoms with Gasteiger partial charge in [0.1, 0.15) is 10.6 Å². The van der Waals surface area contributed by atoms with Crippen LogP contribution in [0.1, 0.15) is 12.8 Å². The second-order valence-corrected chi connectivity index (χ2v) is 6.03. The molecule has 114 valence electrons. The number of rotatable bonds is 5. The highest BCUT2D eigenvalue weighted by molar-refractivity contribution is 7.90. The number of nitrogens with zero attached hydrogens (tertiary/aromatic N) is 2. The molecule has 0 unspecified atom stereocenters. The Morgan fingerprint density at radius 2 is 2.05 bits per heavy atom. The highest BCUT2D eigenvalue weighted by Gasteiger charge is 2.23. The lowest BCUT2D eigenvalue weighted by Crippen LogP contribution is -2.32. The Hall–Kier alpha value is -2.61. The maximum atomic E-state index is 12.3. The molecule has 1 aliphatic rings. The molecule has 0 bridgehead atoms. The zero-order valence-electron chi connectivity index (χ0n) is 11.5. The summed E-state index contributed by atoms with van der Waals surface area (Å²) in [5.74, 6) is -0.675. The van der Waals surface area contributed by atoms with Gasteiger partial charge in [0.25, 0.3) is 22.3 Å². The second-order valence-electron chi connectivity index (χ2n) is 4.38. The molecule has 8 heteroatoms. The summed E-state index contributed by atoms with van der Waals surface area (Å²) in [6.07, 6.45) is 6.53. The number of carbonyl (C=O) groups excluding carboxylic acids is 2. The monoisotopic (exact) mass is 319 g/mol. The van der Waals surface area contributed by atoms with Gasteiger partial charge in [0.15, 0.2) is 0 Å². The van der Waals surface area contributed by atoms with E-state index in [2.05, 4.69) is 10.2 Å². The van der Waals surface area contributed by atoms with Gasteiger partial charge in [-0.05, 0) is 25.0 Å². The second kappa shape index (κ2) is 6.90. The topological polar surface area (TPSA) is 105 Å². The molecule has 0 aliphatic heterocycles. The van der Waals surface area contributed by atoms with E-state index in [-0.39, 0.29) is 17.0 Å². The van der Waals surface area contributed by atoms with E-state index in [1.54, 1.807) is 18.2 Å². The van der Waals surface area contributed by atoms with Crippen LogP contribution < -0.4 is 4.72 Å². The van der Waals surface area contributed by atoms with Crippen LogP contribution in [0.5, 0.6) is 0 Å². The summed E-state index contributed by atoms with van der Waals surface area (Å²) in [7, 11) is -4.10. The highest BCUT2D eigenvalue weighted by atomic mass is 32.2. The summed E-state index contributed by atoms with van der Waals surface area (Å²) in [4.78, 5) is 22.0. The molecule has 0 spiro atoms. The molecule has 0 heterocycles. The van der Waals surface area contributed by atoms with Crippen LogP contribution in [-0.2, 0) is 19.6 Å². The minimum Gasteiger partial charge on any atom is -0.275 e. The molecule has 0 saturated heterocycles. The predicted octanol–water partition coefficient (Wildman–Crippen LogP) is 2.01. The van der Waals surface area contributed by atoms with E-state index in [0.29, 0.717) is 18.4 Å². The highest BCUT2D eigenvalue weighted by Crippen LogP contribution is 2.24. The number of sulfonamides is 1. The Labute approximate surface area is 127 Å². The van der Waals surface area contributed by atoms with Gasteiger partial charge in [-0.15, -0.1) is 10.2 Å². The quantitative estimate of drug-likeness (QED) is 0.662. The Morgan fingerprint density at radius 1 is 1.27 bits per heavy atom. The summed E-state index contributed by atoms with van der Waals surface area (Å²) in [6, 6.07) is 5.70. The van der Waals surface area contributed by atoms with Crippen molar-refractivity contribution in [2.75, 3.05) is 0 Å². The van der Waals surface area contributed by atoms with Crippen LogP contribution in [0.25, 0.3) is 0 Å². The lowest BCUT2D eigenvalue weighted by Gasteiger charge is -2.11. The third-order valence-electron chi connectivity index (χ3n) is 2.90. The van der Waals surface area contributed by atoms with Crippen LogP contribution in [0.3, 0.4) is 0 Å². The Balaban J connectivity index is 2.29. The fourth-order valence-corrected chi connectivity index (χ4v) is 3.01. The third kappa shape index (κ3) is 3.73. The van der Waals surface area contributed by atoms with Crippen molar-refractivity contribution in [1.29, 1.82) is 0 Å². The summed E-state index contributed by atoms with van der Waals surface area (Å²) in [5, 5.41) is 6.64. The predicted molar refractivity (Wildman–Crippen MR) is 78.8 cm³/mol. The molecule has 0 saturated carbocycles. The molecule has 1 aromatic rings. The van der Waals surface area contributed by atoms with Crippen molar-refractivity contribution in [3.8, 4) is 0 Å². The fourth-order valence-electron chi connectivity index (χ4n) is 1.89. The first-order chi connectivity index (χ1) is 10.5. The van der Waals surface area contributed by atoms with Crippen LogP contribution in [0.15, 0.2) is 63.2 Å². The number of carbonyl (C=O) groups is 2. The first-order valence-corrected chi connectivity index (χ1v) is 7.89. The van der Waals surface area contributed by atoms with E-state index in [0.717, 1.165) is 0 Å². The number of nitrogens with one attached hydrogen (secondary N) is 1. The zero-order chi connectivity index (χ0) is 16.0. The first-order valence-electron chi connectivity index (χ1n) is 6.41. The number of hydrogen-bond donors (Lipinski definition) is 1. The van der Waals surface area contributed by atoms with Gasteiger partial charge in [-0.1, -0.05) is 30.4 Å². The number of hydrogen-bond acceptors (Lipinski definition) is 5. The molecule has 0 aromatic heterocycles. The number of allylic oxidation sites excluding steroid dienone is 3. The van der Waals surface area contributed by atoms with E-state index < -0.39 is 15.9 Å². The summed E-state index contributed by atoms with van der Waals surface area (Å²) >= 11 is 0. The van der Waals surface area contributed by atoms with Crippen LogP contribution >= 0.6 is 0 Å². The van der Waals surface area contributed by atoms with Crippen LogP contribution in [0, 0.1) is 0 Å². The maximum absolute atomic E-state index is 12.3. The average Bonchev–Trinajstić information content (AvgIpc) is 2.53. The first kappa shape index (κ1) is 15.8. The minimum atomic E-state index is -4.10. The number of azo groups is 1. The van der Waals surface area contributed by atoms with Gasteiger partial charge in [0, 0.05) is 5.57 Å². The molecule has 0 radical (unpaired) electrons. The van der Waals surface area contributed by atoms with E-state index in [1.807, 2.05) is 10.8 Å². The maximum Gasteiger partial charge on any atom is 0.266 e.